The summed E-state index contributed by atoms with van der Waals surface area (Å²) in [6, 6.07) is 0. The van der Waals surface area contributed by atoms with Gasteiger partial charge in [-0.2, -0.15) is 0 Å². The van der Waals surface area contributed by atoms with Crippen molar-refractivity contribution in [3.05, 3.63) is 11.1 Å². The van der Waals surface area contributed by atoms with Gasteiger partial charge in [-0.05, 0) is 39.5 Å². The van der Waals surface area contributed by atoms with Gasteiger partial charge < -0.3 is 4.74 Å². The number of allylic oxidation sites excluding steroid dienone is 2. The Labute approximate surface area is 104 Å². The third kappa shape index (κ3) is 2.02. The fourth-order valence-electron chi connectivity index (χ4n) is 4.15. The molecule has 2 rings (SSSR count). The van der Waals surface area contributed by atoms with E-state index in [4.69, 9.17) is 4.74 Å². The van der Waals surface area contributed by atoms with Crippen LogP contribution in [0.3, 0.4) is 0 Å². The zero-order valence-electron chi connectivity index (χ0n) is 11.5. The topological polar surface area (TPSA) is 26.3 Å². The summed E-state index contributed by atoms with van der Waals surface area (Å²) in [6.45, 7) is 9.59. The molecule has 0 radical (unpaired) electrons. The summed E-state index contributed by atoms with van der Waals surface area (Å²) in [6.07, 6.45) is 5.91. The van der Waals surface area contributed by atoms with Gasteiger partial charge in [-0.25, -0.2) is 0 Å². The summed E-state index contributed by atoms with van der Waals surface area (Å²) in [4.78, 5) is 10.8. The first-order chi connectivity index (χ1) is 7.91. The molecule has 2 nitrogen and oxygen atoms in total. The van der Waals surface area contributed by atoms with Crippen LogP contribution in [0.1, 0.15) is 59.8 Å². The Balaban J connectivity index is 2.29. The first-order valence-corrected chi connectivity index (χ1v) is 6.66. The van der Waals surface area contributed by atoms with Crippen molar-refractivity contribution in [2.24, 2.45) is 10.8 Å². The smallest absolute Gasteiger partial charge is 0.293 e. The monoisotopic (exact) mass is 236 g/mol. The number of hydrogen-bond donors (Lipinski definition) is 0. The van der Waals surface area contributed by atoms with Crippen LogP contribution < -0.4 is 0 Å². The second-order valence-corrected chi connectivity index (χ2v) is 6.73. The predicted molar refractivity (Wildman–Crippen MR) is 68.6 cm³/mol. The molecule has 1 fully saturated rings. The van der Waals surface area contributed by atoms with Crippen molar-refractivity contribution in [2.45, 2.75) is 65.9 Å². The van der Waals surface area contributed by atoms with Gasteiger partial charge in [0.2, 0.25) is 0 Å². The van der Waals surface area contributed by atoms with E-state index in [2.05, 4.69) is 27.7 Å². The van der Waals surface area contributed by atoms with Crippen LogP contribution in [0.5, 0.6) is 0 Å². The van der Waals surface area contributed by atoms with E-state index in [0.717, 1.165) is 19.3 Å². The van der Waals surface area contributed by atoms with Crippen LogP contribution in [0.15, 0.2) is 11.1 Å². The van der Waals surface area contributed by atoms with Gasteiger partial charge in [0, 0.05) is 10.8 Å². The lowest BCUT2D eigenvalue weighted by Crippen LogP contribution is -2.49. The number of carbonyl (C=O) groups excluding carboxylic acids is 1. The molecule has 2 aliphatic carbocycles. The third-order valence-corrected chi connectivity index (χ3v) is 4.92. The highest BCUT2D eigenvalue weighted by Gasteiger charge is 2.52. The maximum atomic E-state index is 10.8. The molecule has 17 heavy (non-hydrogen) atoms. The van der Waals surface area contributed by atoms with E-state index in [1.54, 1.807) is 0 Å². The molecule has 0 bridgehead atoms. The molecular formula is C15H24O2. The molecule has 2 heteroatoms. The zero-order chi connectivity index (χ0) is 12.7. The number of hydrogen-bond acceptors (Lipinski definition) is 2. The van der Waals surface area contributed by atoms with Crippen LogP contribution >= 0.6 is 0 Å². The normalized spacial score (nSPS) is 30.7. The van der Waals surface area contributed by atoms with Gasteiger partial charge in [0.25, 0.3) is 6.47 Å². The van der Waals surface area contributed by atoms with Crippen LogP contribution in [-0.4, -0.2) is 12.6 Å². The molecule has 0 aliphatic heterocycles. The van der Waals surface area contributed by atoms with Crippen molar-refractivity contribution in [1.29, 1.82) is 0 Å². The van der Waals surface area contributed by atoms with Crippen molar-refractivity contribution >= 4 is 6.47 Å². The Morgan fingerprint density at radius 1 is 1.18 bits per heavy atom. The SMILES string of the molecule is CC1=C(C)CC2(CCCC(C)(C)C2OC=O)C1. The second-order valence-electron chi connectivity index (χ2n) is 6.73. The molecule has 1 unspecified atom stereocenters. The Hall–Kier alpha value is -0.790. The zero-order valence-corrected chi connectivity index (χ0v) is 11.5. The number of rotatable bonds is 2. The summed E-state index contributed by atoms with van der Waals surface area (Å²) in [7, 11) is 0. The molecule has 1 saturated carbocycles. The van der Waals surface area contributed by atoms with Gasteiger partial charge in [-0.3, -0.25) is 4.79 Å². The van der Waals surface area contributed by atoms with Crippen molar-refractivity contribution < 1.29 is 9.53 Å². The van der Waals surface area contributed by atoms with Crippen molar-refractivity contribution in [2.75, 3.05) is 0 Å². The first kappa shape index (κ1) is 12.7. The second kappa shape index (κ2) is 4.15. The molecule has 0 aromatic carbocycles. The summed E-state index contributed by atoms with van der Waals surface area (Å²) in [5.74, 6) is 0. The average molecular weight is 236 g/mol. The standard InChI is InChI=1S/C15H24O2/c1-11-8-15(9-12(11)2)7-5-6-14(3,4)13(15)17-10-16/h10,13H,5-9H2,1-4H3. The van der Waals surface area contributed by atoms with E-state index < -0.39 is 0 Å². The lowest BCUT2D eigenvalue weighted by Gasteiger charge is -2.49. The fourth-order valence-corrected chi connectivity index (χ4v) is 4.15. The lowest BCUT2D eigenvalue weighted by atomic mass is 9.59. The molecule has 0 aromatic heterocycles. The van der Waals surface area contributed by atoms with Crippen LogP contribution in [0.25, 0.3) is 0 Å². The average Bonchev–Trinajstić information content (AvgIpc) is 2.49. The fraction of sp³-hybridized carbons (Fsp3) is 0.800. The number of carbonyl (C=O) groups is 1. The summed E-state index contributed by atoms with van der Waals surface area (Å²) < 4.78 is 5.53. The van der Waals surface area contributed by atoms with Gasteiger partial charge in [0.05, 0.1) is 0 Å². The van der Waals surface area contributed by atoms with Gasteiger partial charge in [0.1, 0.15) is 6.10 Å². The molecule has 0 heterocycles. The van der Waals surface area contributed by atoms with Gasteiger partial charge >= 0.3 is 0 Å². The predicted octanol–water partition coefficient (Wildman–Crippen LogP) is 3.85. The van der Waals surface area contributed by atoms with E-state index in [1.807, 2.05) is 0 Å². The highest BCUT2D eigenvalue weighted by Crippen LogP contribution is 2.57. The van der Waals surface area contributed by atoms with Gasteiger partial charge in [0.15, 0.2) is 0 Å². The quantitative estimate of drug-likeness (QED) is 0.537. The molecule has 0 saturated heterocycles. The minimum absolute atomic E-state index is 0.0775. The van der Waals surface area contributed by atoms with E-state index in [9.17, 15) is 4.79 Å². The molecule has 0 aromatic rings. The van der Waals surface area contributed by atoms with Crippen molar-refractivity contribution in [3.63, 3.8) is 0 Å². The van der Waals surface area contributed by atoms with Crippen molar-refractivity contribution in [3.8, 4) is 0 Å². The van der Waals surface area contributed by atoms with E-state index in [0.29, 0.717) is 6.47 Å². The maximum absolute atomic E-state index is 10.8. The molecule has 0 N–H and O–H groups in total. The lowest BCUT2D eigenvalue weighted by molar-refractivity contribution is -0.159. The van der Waals surface area contributed by atoms with Crippen LogP contribution in [0.2, 0.25) is 0 Å². The van der Waals surface area contributed by atoms with Gasteiger partial charge in [-0.1, -0.05) is 31.4 Å². The summed E-state index contributed by atoms with van der Waals surface area (Å²) >= 11 is 0. The molecule has 0 amide bonds. The Bertz CT molecular complexity index is 338. The molecular weight excluding hydrogens is 212 g/mol. The molecule has 1 atom stereocenters. The summed E-state index contributed by atoms with van der Waals surface area (Å²) in [5.41, 5.74) is 3.31. The van der Waals surface area contributed by atoms with E-state index in [-0.39, 0.29) is 16.9 Å². The van der Waals surface area contributed by atoms with Crippen molar-refractivity contribution in [1.82, 2.24) is 0 Å². The maximum Gasteiger partial charge on any atom is 0.293 e. The Morgan fingerprint density at radius 2 is 1.76 bits per heavy atom. The highest BCUT2D eigenvalue weighted by molar-refractivity contribution is 5.39. The molecule has 1 spiro atoms. The van der Waals surface area contributed by atoms with Crippen LogP contribution in [0.4, 0.5) is 0 Å². The van der Waals surface area contributed by atoms with Gasteiger partial charge in [-0.15, -0.1) is 0 Å². The Morgan fingerprint density at radius 3 is 2.29 bits per heavy atom. The van der Waals surface area contributed by atoms with E-state index in [1.165, 1.54) is 24.0 Å². The minimum atomic E-state index is 0.0775. The molecule has 96 valence electrons. The van der Waals surface area contributed by atoms with Crippen LogP contribution in [-0.2, 0) is 9.53 Å². The minimum Gasteiger partial charge on any atom is -0.463 e. The van der Waals surface area contributed by atoms with E-state index >= 15 is 0 Å². The molecule has 2 aliphatic rings. The highest BCUT2D eigenvalue weighted by atomic mass is 16.5. The first-order valence-electron chi connectivity index (χ1n) is 6.66. The Kier molecular flexibility index (Phi) is 3.09. The number of ether oxygens (including phenoxy) is 1. The summed E-state index contributed by atoms with van der Waals surface area (Å²) in [5, 5.41) is 0. The third-order valence-electron chi connectivity index (χ3n) is 4.92. The largest absolute Gasteiger partial charge is 0.463 e. The van der Waals surface area contributed by atoms with Crippen LogP contribution in [0, 0.1) is 10.8 Å².